The van der Waals surface area contributed by atoms with Crippen LogP contribution in [0, 0.1) is 12.7 Å². The molecular formula is C13H12ClFN2O. The highest BCUT2D eigenvalue weighted by Gasteiger charge is 2.10. The summed E-state index contributed by atoms with van der Waals surface area (Å²) in [5.41, 5.74) is 1.28. The van der Waals surface area contributed by atoms with Crippen LogP contribution in [0.4, 0.5) is 4.39 Å². The van der Waals surface area contributed by atoms with E-state index >= 15 is 0 Å². The number of halogens is 2. The second-order valence-corrected chi connectivity index (χ2v) is 4.17. The Balaban J connectivity index is 2.34. The zero-order valence-electron chi connectivity index (χ0n) is 10.1. The lowest BCUT2D eigenvalue weighted by Crippen LogP contribution is -1.97. The van der Waals surface area contributed by atoms with E-state index in [-0.39, 0.29) is 5.82 Å². The van der Waals surface area contributed by atoms with E-state index in [4.69, 9.17) is 16.3 Å². The first-order chi connectivity index (χ1) is 8.61. The van der Waals surface area contributed by atoms with Crippen molar-refractivity contribution < 1.29 is 9.13 Å². The van der Waals surface area contributed by atoms with Gasteiger partial charge in [0.25, 0.3) is 0 Å². The van der Waals surface area contributed by atoms with Gasteiger partial charge in [-0.15, -0.1) is 0 Å². The maximum absolute atomic E-state index is 13.4. The van der Waals surface area contributed by atoms with Gasteiger partial charge in [0, 0.05) is 6.07 Å². The van der Waals surface area contributed by atoms with Crippen molar-refractivity contribution in [1.82, 2.24) is 9.97 Å². The number of benzene rings is 1. The molecule has 0 fully saturated rings. The SMILES string of the molecule is CCc1c(Cl)ncnc1Oc1ccc(C)c(F)c1. The molecule has 94 valence electrons. The minimum atomic E-state index is -0.314. The van der Waals surface area contributed by atoms with Crippen LogP contribution in [0.5, 0.6) is 11.6 Å². The van der Waals surface area contributed by atoms with Crippen molar-refractivity contribution >= 4 is 11.6 Å². The number of rotatable bonds is 3. The van der Waals surface area contributed by atoms with E-state index in [1.54, 1.807) is 19.1 Å². The first-order valence-electron chi connectivity index (χ1n) is 5.55. The lowest BCUT2D eigenvalue weighted by Gasteiger charge is -2.09. The molecule has 0 N–H and O–H groups in total. The Labute approximate surface area is 110 Å². The first kappa shape index (κ1) is 12.8. The predicted molar refractivity (Wildman–Crippen MR) is 67.6 cm³/mol. The Hall–Kier alpha value is -1.68. The van der Waals surface area contributed by atoms with E-state index in [1.807, 2.05) is 6.92 Å². The summed E-state index contributed by atoms with van der Waals surface area (Å²) in [7, 11) is 0. The van der Waals surface area contributed by atoms with Gasteiger partial charge in [0.05, 0.1) is 5.56 Å². The molecule has 2 rings (SSSR count). The normalized spacial score (nSPS) is 10.4. The van der Waals surface area contributed by atoms with Crippen LogP contribution in [-0.4, -0.2) is 9.97 Å². The van der Waals surface area contributed by atoms with Crippen LogP contribution in [-0.2, 0) is 6.42 Å². The van der Waals surface area contributed by atoms with Gasteiger partial charge in [0.1, 0.15) is 23.0 Å². The van der Waals surface area contributed by atoms with E-state index in [2.05, 4.69) is 9.97 Å². The Bertz CT molecular complexity index is 575. The van der Waals surface area contributed by atoms with Crippen LogP contribution in [0.1, 0.15) is 18.1 Å². The molecule has 0 saturated heterocycles. The van der Waals surface area contributed by atoms with Gasteiger partial charge in [-0.1, -0.05) is 24.6 Å². The molecule has 1 aromatic heterocycles. The average molecular weight is 267 g/mol. The van der Waals surface area contributed by atoms with E-state index in [0.29, 0.717) is 34.3 Å². The standard InChI is InChI=1S/C13H12ClFN2O/c1-3-10-12(14)16-7-17-13(10)18-9-5-4-8(2)11(15)6-9/h4-7H,3H2,1-2H3. The molecule has 5 heteroatoms. The van der Waals surface area contributed by atoms with Crippen molar-refractivity contribution in [3.63, 3.8) is 0 Å². The third kappa shape index (κ3) is 2.59. The van der Waals surface area contributed by atoms with Gasteiger partial charge in [0.2, 0.25) is 5.88 Å². The first-order valence-corrected chi connectivity index (χ1v) is 5.93. The molecule has 0 radical (unpaired) electrons. The van der Waals surface area contributed by atoms with Crippen molar-refractivity contribution in [2.24, 2.45) is 0 Å². The zero-order valence-corrected chi connectivity index (χ0v) is 10.8. The summed E-state index contributed by atoms with van der Waals surface area (Å²) in [6, 6.07) is 4.66. The van der Waals surface area contributed by atoms with Crippen molar-refractivity contribution in [2.75, 3.05) is 0 Å². The molecule has 0 atom stereocenters. The minimum Gasteiger partial charge on any atom is -0.438 e. The largest absolute Gasteiger partial charge is 0.438 e. The van der Waals surface area contributed by atoms with E-state index in [9.17, 15) is 4.39 Å². The van der Waals surface area contributed by atoms with Gasteiger partial charge in [-0.25, -0.2) is 14.4 Å². The van der Waals surface area contributed by atoms with Gasteiger partial charge in [-0.2, -0.15) is 0 Å². The molecule has 0 aliphatic rings. The Morgan fingerprint density at radius 1 is 1.33 bits per heavy atom. The Kier molecular flexibility index (Phi) is 3.77. The maximum Gasteiger partial charge on any atom is 0.226 e. The van der Waals surface area contributed by atoms with Gasteiger partial charge < -0.3 is 4.74 Å². The van der Waals surface area contributed by atoms with Crippen LogP contribution in [0.2, 0.25) is 5.15 Å². The molecule has 0 unspecified atom stereocenters. The van der Waals surface area contributed by atoms with Crippen molar-refractivity contribution in [3.8, 4) is 11.6 Å². The lowest BCUT2D eigenvalue weighted by molar-refractivity contribution is 0.450. The summed E-state index contributed by atoms with van der Waals surface area (Å²) in [5, 5.41) is 0.357. The average Bonchev–Trinajstić information content (AvgIpc) is 2.34. The summed E-state index contributed by atoms with van der Waals surface area (Å²) >= 11 is 5.95. The summed E-state index contributed by atoms with van der Waals surface area (Å²) in [6.07, 6.45) is 1.96. The molecule has 0 spiro atoms. The smallest absolute Gasteiger partial charge is 0.226 e. The number of ether oxygens (including phenoxy) is 1. The molecule has 1 heterocycles. The fourth-order valence-electron chi connectivity index (χ4n) is 1.51. The molecule has 18 heavy (non-hydrogen) atoms. The topological polar surface area (TPSA) is 35.0 Å². The maximum atomic E-state index is 13.4. The molecule has 3 nitrogen and oxygen atoms in total. The van der Waals surface area contributed by atoms with Crippen LogP contribution < -0.4 is 4.74 Å². The fraction of sp³-hybridized carbons (Fsp3) is 0.231. The Morgan fingerprint density at radius 3 is 2.78 bits per heavy atom. The molecule has 0 saturated carbocycles. The number of nitrogens with zero attached hydrogens (tertiary/aromatic N) is 2. The fourth-order valence-corrected chi connectivity index (χ4v) is 1.77. The predicted octanol–water partition coefficient (Wildman–Crippen LogP) is 3.93. The van der Waals surface area contributed by atoms with Gasteiger partial charge >= 0.3 is 0 Å². The molecular weight excluding hydrogens is 255 g/mol. The van der Waals surface area contributed by atoms with E-state index in [0.717, 1.165) is 0 Å². The quantitative estimate of drug-likeness (QED) is 0.790. The summed E-state index contributed by atoms with van der Waals surface area (Å²) in [6.45, 7) is 3.62. The van der Waals surface area contributed by atoms with Gasteiger partial charge in [0.15, 0.2) is 0 Å². The molecule has 2 aromatic rings. The monoisotopic (exact) mass is 266 g/mol. The Morgan fingerprint density at radius 2 is 2.11 bits per heavy atom. The van der Waals surface area contributed by atoms with Crippen LogP contribution in [0.25, 0.3) is 0 Å². The zero-order chi connectivity index (χ0) is 13.1. The summed E-state index contributed by atoms with van der Waals surface area (Å²) in [4.78, 5) is 7.90. The van der Waals surface area contributed by atoms with Gasteiger partial charge in [-0.05, 0) is 25.0 Å². The third-order valence-electron chi connectivity index (χ3n) is 2.56. The lowest BCUT2D eigenvalue weighted by atomic mass is 10.2. The highest BCUT2D eigenvalue weighted by atomic mass is 35.5. The number of hydrogen-bond acceptors (Lipinski definition) is 3. The van der Waals surface area contributed by atoms with Gasteiger partial charge in [-0.3, -0.25) is 0 Å². The van der Waals surface area contributed by atoms with E-state index in [1.165, 1.54) is 12.4 Å². The number of aryl methyl sites for hydroxylation is 1. The van der Waals surface area contributed by atoms with Crippen molar-refractivity contribution in [2.45, 2.75) is 20.3 Å². The molecule has 0 bridgehead atoms. The highest BCUT2D eigenvalue weighted by Crippen LogP contribution is 2.27. The molecule has 0 aliphatic heterocycles. The second kappa shape index (κ2) is 5.31. The van der Waals surface area contributed by atoms with Crippen LogP contribution in [0.3, 0.4) is 0 Å². The van der Waals surface area contributed by atoms with Crippen molar-refractivity contribution in [3.05, 3.63) is 46.6 Å². The van der Waals surface area contributed by atoms with Crippen LogP contribution >= 0.6 is 11.6 Å². The van der Waals surface area contributed by atoms with Crippen molar-refractivity contribution in [1.29, 1.82) is 0 Å². The second-order valence-electron chi connectivity index (χ2n) is 3.81. The number of hydrogen-bond donors (Lipinski definition) is 0. The molecule has 0 amide bonds. The summed E-state index contributed by atoms with van der Waals surface area (Å²) < 4.78 is 18.9. The molecule has 1 aromatic carbocycles. The minimum absolute atomic E-state index is 0.314. The number of aromatic nitrogens is 2. The molecule has 0 aliphatic carbocycles. The summed E-state index contributed by atoms with van der Waals surface area (Å²) in [5.74, 6) is 0.439. The third-order valence-corrected chi connectivity index (χ3v) is 2.89. The highest BCUT2D eigenvalue weighted by molar-refractivity contribution is 6.30. The van der Waals surface area contributed by atoms with E-state index < -0.39 is 0 Å². The van der Waals surface area contributed by atoms with Crippen LogP contribution in [0.15, 0.2) is 24.5 Å².